The van der Waals surface area contributed by atoms with Gasteiger partial charge in [0, 0.05) is 14.6 Å². The van der Waals surface area contributed by atoms with Crippen LogP contribution in [0.15, 0.2) is 44.2 Å². The maximum atomic E-state index is 13.8. The van der Waals surface area contributed by atoms with Crippen molar-refractivity contribution in [2.24, 2.45) is 0 Å². The molecule has 1 N–H and O–H groups in total. The van der Waals surface area contributed by atoms with Gasteiger partial charge in [-0.3, -0.25) is 4.72 Å². The Morgan fingerprint density at radius 2 is 1.62 bits per heavy atom. The van der Waals surface area contributed by atoms with E-state index in [2.05, 4.69) is 36.6 Å². The largest absolute Gasteiger partial charge is 0.280 e. The molecular weight excluding hydrogens is 425 g/mol. The highest BCUT2D eigenvalue weighted by molar-refractivity contribution is 9.10. The van der Waals surface area contributed by atoms with Crippen molar-refractivity contribution in [2.45, 2.75) is 18.7 Å². The second-order valence-corrected chi connectivity index (χ2v) is 7.96. The first-order valence-electron chi connectivity index (χ1n) is 5.95. The van der Waals surface area contributed by atoms with E-state index in [9.17, 15) is 12.8 Å². The zero-order chi connectivity index (χ0) is 15.8. The van der Waals surface area contributed by atoms with E-state index in [0.29, 0.717) is 10.2 Å². The fourth-order valence-electron chi connectivity index (χ4n) is 1.91. The topological polar surface area (TPSA) is 46.2 Å². The van der Waals surface area contributed by atoms with Gasteiger partial charge in [-0.1, -0.05) is 31.9 Å². The van der Waals surface area contributed by atoms with Gasteiger partial charge in [0.05, 0.1) is 0 Å². The van der Waals surface area contributed by atoms with Crippen LogP contribution in [0.4, 0.5) is 10.1 Å². The summed E-state index contributed by atoms with van der Waals surface area (Å²) in [6.07, 6.45) is 0. The molecule has 0 saturated heterocycles. The summed E-state index contributed by atoms with van der Waals surface area (Å²) in [5, 5.41) is 0. The van der Waals surface area contributed by atoms with E-state index in [1.54, 1.807) is 12.1 Å². The van der Waals surface area contributed by atoms with Crippen LogP contribution in [0.3, 0.4) is 0 Å². The minimum Gasteiger partial charge on any atom is -0.280 e. The Labute approximate surface area is 139 Å². The Kier molecular flexibility index (Phi) is 4.75. The zero-order valence-corrected chi connectivity index (χ0v) is 15.2. The molecule has 0 saturated carbocycles. The van der Waals surface area contributed by atoms with Gasteiger partial charge in [-0.05, 0) is 55.3 Å². The lowest BCUT2D eigenvalue weighted by Crippen LogP contribution is -2.14. The third kappa shape index (κ3) is 3.64. The average Bonchev–Trinajstić information content (AvgIpc) is 2.34. The first-order valence-corrected chi connectivity index (χ1v) is 9.02. The SMILES string of the molecule is Cc1cc(NS(=O)(=O)c2ccc(Br)cc2F)cc(C)c1Br. The predicted molar refractivity (Wildman–Crippen MR) is 88.5 cm³/mol. The van der Waals surface area contributed by atoms with E-state index >= 15 is 0 Å². The molecule has 0 fully saturated rings. The van der Waals surface area contributed by atoms with Crippen LogP contribution < -0.4 is 4.72 Å². The quantitative estimate of drug-likeness (QED) is 0.753. The molecular formula is C14H12Br2FNO2S. The molecule has 0 aromatic heterocycles. The molecule has 2 aromatic carbocycles. The molecule has 0 aliphatic carbocycles. The number of hydrogen-bond acceptors (Lipinski definition) is 2. The molecule has 0 unspecified atom stereocenters. The van der Waals surface area contributed by atoms with Crippen LogP contribution in [0, 0.1) is 19.7 Å². The third-order valence-corrected chi connectivity index (χ3v) is 6.03. The van der Waals surface area contributed by atoms with Crippen LogP contribution in [0.2, 0.25) is 0 Å². The van der Waals surface area contributed by atoms with Gasteiger partial charge in [0.15, 0.2) is 0 Å². The van der Waals surface area contributed by atoms with Gasteiger partial charge in [0.25, 0.3) is 10.0 Å². The van der Waals surface area contributed by atoms with Crippen molar-refractivity contribution in [3.63, 3.8) is 0 Å². The highest BCUT2D eigenvalue weighted by Gasteiger charge is 2.19. The lowest BCUT2D eigenvalue weighted by Gasteiger charge is -2.12. The monoisotopic (exact) mass is 435 g/mol. The summed E-state index contributed by atoms with van der Waals surface area (Å²) < 4.78 is 42.1. The Morgan fingerprint density at radius 1 is 1.05 bits per heavy atom. The first kappa shape index (κ1) is 16.5. The van der Waals surface area contributed by atoms with E-state index in [1.165, 1.54) is 12.1 Å². The summed E-state index contributed by atoms with van der Waals surface area (Å²) in [5.41, 5.74) is 2.18. The van der Waals surface area contributed by atoms with E-state index < -0.39 is 15.8 Å². The van der Waals surface area contributed by atoms with E-state index in [1.807, 2.05) is 13.8 Å². The van der Waals surface area contributed by atoms with Crippen molar-refractivity contribution in [3.05, 3.63) is 56.2 Å². The van der Waals surface area contributed by atoms with Crippen LogP contribution in [0.5, 0.6) is 0 Å². The highest BCUT2D eigenvalue weighted by atomic mass is 79.9. The molecule has 0 heterocycles. The Balaban J connectivity index is 2.42. The fourth-order valence-corrected chi connectivity index (χ4v) is 3.57. The maximum absolute atomic E-state index is 13.8. The molecule has 2 aromatic rings. The number of benzene rings is 2. The van der Waals surface area contributed by atoms with Crippen molar-refractivity contribution in [3.8, 4) is 0 Å². The standard InChI is InChI=1S/C14H12Br2FNO2S/c1-8-5-11(6-9(2)14(8)16)18-21(19,20)13-4-3-10(15)7-12(13)17/h3-7,18H,1-2H3. The molecule has 0 amide bonds. The summed E-state index contributed by atoms with van der Waals surface area (Å²) in [5.74, 6) is -0.803. The van der Waals surface area contributed by atoms with Crippen molar-refractivity contribution >= 4 is 47.6 Å². The van der Waals surface area contributed by atoms with Crippen molar-refractivity contribution in [1.29, 1.82) is 0 Å². The molecule has 0 atom stereocenters. The lowest BCUT2D eigenvalue weighted by atomic mass is 10.1. The summed E-state index contributed by atoms with van der Waals surface area (Å²) in [7, 11) is -3.97. The molecule has 21 heavy (non-hydrogen) atoms. The van der Waals surface area contributed by atoms with Gasteiger partial charge in [-0.2, -0.15) is 0 Å². The molecule has 112 valence electrons. The number of nitrogens with one attached hydrogen (secondary N) is 1. The molecule has 0 aliphatic heterocycles. The van der Waals surface area contributed by atoms with Gasteiger partial charge in [-0.25, -0.2) is 12.8 Å². The number of rotatable bonds is 3. The summed E-state index contributed by atoms with van der Waals surface area (Å²) in [6, 6.07) is 7.19. The molecule has 2 rings (SSSR count). The van der Waals surface area contributed by atoms with E-state index in [4.69, 9.17) is 0 Å². The van der Waals surface area contributed by atoms with E-state index in [-0.39, 0.29) is 4.90 Å². The molecule has 0 spiro atoms. The number of aryl methyl sites for hydroxylation is 2. The number of halogens is 3. The zero-order valence-electron chi connectivity index (χ0n) is 11.2. The van der Waals surface area contributed by atoms with Crippen LogP contribution in [-0.4, -0.2) is 8.42 Å². The van der Waals surface area contributed by atoms with E-state index in [0.717, 1.165) is 21.7 Å². The van der Waals surface area contributed by atoms with Crippen LogP contribution in [-0.2, 0) is 10.0 Å². The van der Waals surface area contributed by atoms with Gasteiger partial charge in [0.2, 0.25) is 0 Å². The Hall–Kier alpha value is -0.920. The maximum Gasteiger partial charge on any atom is 0.264 e. The van der Waals surface area contributed by atoms with Crippen LogP contribution in [0.25, 0.3) is 0 Å². The number of sulfonamides is 1. The average molecular weight is 437 g/mol. The normalized spacial score (nSPS) is 11.5. The predicted octanol–water partition coefficient (Wildman–Crippen LogP) is 4.77. The third-order valence-electron chi connectivity index (χ3n) is 2.87. The summed E-state index contributed by atoms with van der Waals surface area (Å²) in [4.78, 5) is -0.385. The second-order valence-electron chi connectivity index (χ2n) is 4.60. The van der Waals surface area contributed by atoms with Gasteiger partial charge < -0.3 is 0 Å². The first-order chi connectivity index (χ1) is 9.70. The van der Waals surface area contributed by atoms with Gasteiger partial charge >= 0.3 is 0 Å². The second kappa shape index (κ2) is 6.06. The van der Waals surface area contributed by atoms with Crippen LogP contribution in [0.1, 0.15) is 11.1 Å². The molecule has 0 aliphatic rings. The van der Waals surface area contributed by atoms with Crippen molar-refractivity contribution < 1.29 is 12.8 Å². The summed E-state index contributed by atoms with van der Waals surface area (Å²) in [6.45, 7) is 3.71. The molecule has 3 nitrogen and oxygen atoms in total. The molecule has 0 radical (unpaired) electrons. The number of anilines is 1. The molecule has 7 heteroatoms. The van der Waals surface area contributed by atoms with Crippen LogP contribution >= 0.6 is 31.9 Å². The Morgan fingerprint density at radius 3 is 2.14 bits per heavy atom. The van der Waals surface area contributed by atoms with Crippen molar-refractivity contribution in [1.82, 2.24) is 0 Å². The molecule has 0 bridgehead atoms. The minimum absolute atomic E-state index is 0.385. The minimum atomic E-state index is -3.97. The fraction of sp³-hybridized carbons (Fsp3) is 0.143. The summed E-state index contributed by atoms with van der Waals surface area (Å²) >= 11 is 6.51. The smallest absolute Gasteiger partial charge is 0.264 e. The number of hydrogen-bond donors (Lipinski definition) is 1. The highest BCUT2D eigenvalue weighted by Crippen LogP contribution is 2.27. The van der Waals surface area contributed by atoms with Crippen molar-refractivity contribution in [2.75, 3.05) is 4.72 Å². The Bertz CT molecular complexity index is 784. The lowest BCUT2D eigenvalue weighted by molar-refractivity contribution is 0.570. The van der Waals surface area contributed by atoms with Gasteiger partial charge in [-0.15, -0.1) is 0 Å². The van der Waals surface area contributed by atoms with Gasteiger partial charge in [0.1, 0.15) is 10.7 Å².